The molecule has 1 atom stereocenters. The zero-order chi connectivity index (χ0) is 13.7. The minimum Gasteiger partial charge on any atom is -0.496 e. The molecule has 1 saturated heterocycles. The zero-order valence-electron chi connectivity index (χ0n) is 12.0. The van der Waals surface area contributed by atoms with Gasteiger partial charge in [-0.25, -0.2) is 0 Å². The second-order valence-electron chi connectivity index (χ2n) is 5.47. The molecule has 1 aliphatic heterocycles. The first-order valence-corrected chi connectivity index (χ1v) is 7.18. The smallest absolute Gasteiger partial charge is 0.122 e. The summed E-state index contributed by atoms with van der Waals surface area (Å²) in [4.78, 5) is 0. The molecular formula is C16H25NO2. The minimum atomic E-state index is 0.111. The van der Waals surface area contributed by atoms with E-state index in [1.807, 2.05) is 12.1 Å². The Kier molecular flexibility index (Phi) is 4.83. The van der Waals surface area contributed by atoms with Crippen molar-refractivity contribution in [2.24, 2.45) is 5.73 Å². The van der Waals surface area contributed by atoms with Crippen LogP contribution >= 0.6 is 0 Å². The largest absolute Gasteiger partial charge is 0.496 e. The second kappa shape index (κ2) is 6.40. The molecule has 0 spiro atoms. The summed E-state index contributed by atoms with van der Waals surface area (Å²) in [7, 11) is 1.74. The fourth-order valence-electron chi connectivity index (χ4n) is 3.07. The van der Waals surface area contributed by atoms with Gasteiger partial charge in [0.05, 0.1) is 7.11 Å². The SMILES string of the molecule is CCC(N)CC1(c2ccccc2OC)CCOCC1. The van der Waals surface area contributed by atoms with Crippen LogP contribution in [-0.4, -0.2) is 26.4 Å². The summed E-state index contributed by atoms with van der Waals surface area (Å²) < 4.78 is 11.1. The van der Waals surface area contributed by atoms with Crippen molar-refractivity contribution in [1.29, 1.82) is 0 Å². The van der Waals surface area contributed by atoms with Gasteiger partial charge in [-0.1, -0.05) is 25.1 Å². The van der Waals surface area contributed by atoms with Gasteiger partial charge in [-0.2, -0.15) is 0 Å². The average molecular weight is 263 g/mol. The Morgan fingerprint density at radius 2 is 2.00 bits per heavy atom. The van der Waals surface area contributed by atoms with Crippen molar-refractivity contribution in [2.45, 2.75) is 44.1 Å². The number of benzene rings is 1. The number of methoxy groups -OCH3 is 1. The lowest BCUT2D eigenvalue weighted by Gasteiger charge is -2.40. The maximum Gasteiger partial charge on any atom is 0.122 e. The van der Waals surface area contributed by atoms with E-state index in [2.05, 4.69) is 19.1 Å². The van der Waals surface area contributed by atoms with Crippen LogP contribution in [0.2, 0.25) is 0 Å². The third kappa shape index (κ3) is 3.10. The second-order valence-corrected chi connectivity index (χ2v) is 5.47. The summed E-state index contributed by atoms with van der Waals surface area (Å²) in [5.74, 6) is 0.979. The van der Waals surface area contributed by atoms with Crippen LogP contribution in [0.5, 0.6) is 5.75 Å². The van der Waals surface area contributed by atoms with Crippen molar-refractivity contribution in [2.75, 3.05) is 20.3 Å². The Bertz CT molecular complexity index is 399. The van der Waals surface area contributed by atoms with E-state index in [0.29, 0.717) is 0 Å². The molecule has 0 aliphatic carbocycles. The van der Waals surface area contributed by atoms with E-state index in [-0.39, 0.29) is 11.5 Å². The lowest BCUT2D eigenvalue weighted by Crippen LogP contribution is -2.39. The van der Waals surface area contributed by atoms with Gasteiger partial charge in [0, 0.05) is 30.2 Å². The first-order valence-electron chi connectivity index (χ1n) is 7.18. The van der Waals surface area contributed by atoms with Crippen molar-refractivity contribution in [1.82, 2.24) is 0 Å². The third-order valence-corrected chi connectivity index (χ3v) is 4.31. The van der Waals surface area contributed by atoms with E-state index in [1.165, 1.54) is 5.56 Å². The number of para-hydroxylation sites is 1. The summed E-state index contributed by atoms with van der Waals surface area (Å²) >= 11 is 0. The molecule has 1 fully saturated rings. The number of nitrogens with two attached hydrogens (primary N) is 1. The van der Waals surface area contributed by atoms with Gasteiger partial charge in [0.1, 0.15) is 5.75 Å². The third-order valence-electron chi connectivity index (χ3n) is 4.31. The maximum atomic E-state index is 6.24. The molecule has 1 heterocycles. The van der Waals surface area contributed by atoms with E-state index >= 15 is 0 Å². The van der Waals surface area contributed by atoms with Gasteiger partial charge in [-0.3, -0.25) is 0 Å². The van der Waals surface area contributed by atoms with Gasteiger partial charge < -0.3 is 15.2 Å². The lowest BCUT2D eigenvalue weighted by atomic mass is 9.69. The predicted molar refractivity (Wildman–Crippen MR) is 77.6 cm³/mol. The summed E-state index contributed by atoms with van der Waals surface area (Å²) in [5, 5.41) is 0. The standard InChI is InChI=1S/C16H25NO2/c1-3-13(17)12-16(8-10-19-11-9-16)14-6-4-5-7-15(14)18-2/h4-7,13H,3,8-12,17H2,1-2H3. The Hall–Kier alpha value is -1.06. The molecule has 2 rings (SSSR count). The van der Waals surface area contributed by atoms with Crippen molar-refractivity contribution >= 4 is 0 Å². The quantitative estimate of drug-likeness (QED) is 0.888. The van der Waals surface area contributed by atoms with Gasteiger partial charge in [-0.15, -0.1) is 0 Å². The molecule has 0 saturated carbocycles. The summed E-state index contributed by atoms with van der Waals surface area (Å²) in [6.45, 7) is 3.78. The fraction of sp³-hybridized carbons (Fsp3) is 0.625. The molecule has 3 heteroatoms. The maximum absolute atomic E-state index is 6.24. The summed E-state index contributed by atoms with van der Waals surface area (Å²) in [6, 6.07) is 8.58. The molecule has 3 nitrogen and oxygen atoms in total. The van der Waals surface area contributed by atoms with E-state index in [1.54, 1.807) is 7.11 Å². The molecule has 1 aromatic rings. The molecular weight excluding hydrogens is 238 g/mol. The number of hydrogen-bond donors (Lipinski definition) is 1. The van der Waals surface area contributed by atoms with Crippen LogP contribution in [0.15, 0.2) is 24.3 Å². The van der Waals surface area contributed by atoms with Crippen LogP contribution in [0.3, 0.4) is 0 Å². The number of ether oxygens (including phenoxy) is 2. The first kappa shape index (κ1) is 14.4. The molecule has 0 bridgehead atoms. The van der Waals surface area contributed by atoms with Gasteiger partial charge in [0.25, 0.3) is 0 Å². The monoisotopic (exact) mass is 263 g/mol. The molecule has 1 unspecified atom stereocenters. The Morgan fingerprint density at radius 3 is 2.63 bits per heavy atom. The van der Waals surface area contributed by atoms with E-state index in [0.717, 1.165) is 44.6 Å². The number of rotatable bonds is 5. The molecule has 2 N–H and O–H groups in total. The molecule has 0 aromatic heterocycles. The Balaban J connectivity index is 2.35. The highest BCUT2D eigenvalue weighted by molar-refractivity contribution is 5.40. The lowest BCUT2D eigenvalue weighted by molar-refractivity contribution is 0.0432. The molecule has 0 radical (unpaired) electrons. The van der Waals surface area contributed by atoms with Crippen LogP contribution in [0.1, 0.15) is 38.2 Å². The zero-order valence-corrected chi connectivity index (χ0v) is 12.0. The van der Waals surface area contributed by atoms with Gasteiger partial charge in [0.15, 0.2) is 0 Å². The van der Waals surface area contributed by atoms with Crippen LogP contribution in [0.4, 0.5) is 0 Å². The summed E-state index contributed by atoms with van der Waals surface area (Å²) in [5.41, 5.74) is 7.64. The Labute approximate surface area is 116 Å². The highest BCUT2D eigenvalue weighted by Crippen LogP contribution is 2.43. The van der Waals surface area contributed by atoms with Crippen molar-refractivity contribution in [3.63, 3.8) is 0 Å². The highest BCUT2D eigenvalue weighted by atomic mass is 16.5. The summed E-state index contributed by atoms with van der Waals surface area (Å²) in [6.07, 6.45) is 4.08. The van der Waals surface area contributed by atoms with Crippen molar-refractivity contribution < 1.29 is 9.47 Å². The van der Waals surface area contributed by atoms with Crippen molar-refractivity contribution in [3.05, 3.63) is 29.8 Å². The molecule has 1 aliphatic rings. The van der Waals surface area contributed by atoms with Gasteiger partial charge in [0.2, 0.25) is 0 Å². The predicted octanol–water partition coefficient (Wildman–Crippen LogP) is 2.87. The minimum absolute atomic E-state index is 0.111. The van der Waals surface area contributed by atoms with E-state index in [9.17, 15) is 0 Å². The van der Waals surface area contributed by atoms with E-state index < -0.39 is 0 Å². The normalized spacial score (nSPS) is 19.9. The fourth-order valence-corrected chi connectivity index (χ4v) is 3.07. The van der Waals surface area contributed by atoms with Gasteiger partial charge >= 0.3 is 0 Å². The molecule has 19 heavy (non-hydrogen) atoms. The van der Waals surface area contributed by atoms with Gasteiger partial charge in [-0.05, 0) is 31.7 Å². The number of hydrogen-bond acceptors (Lipinski definition) is 3. The van der Waals surface area contributed by atoms with Crippen LogP contribution in [0.25, 0.3) is 0 Å². The van der Waals surface area contributed by atoms with Crippen LogP contribution in [-0.2, 0) is 10.2 Å². The molecule has 106 valence electrons. The first-order chi connectivity index (χ1) is 9.22. The average Bonchev–Trinajstić information content (AvgIpc) is 2.48. The van der Waals surface area contributed by atoms with E-state index in [4.69, 9.17) is 15.2 Å². The van der Waals surface area contributed by atoms with Crippen LogP contribution in [0, 0.1) is 0 Å². The molecule has 0 amide bonds. The topological polar surface area (TPSA) is 44.5 Å². The molecule has 1 aromatic carbocycles. The Morgan fingerprint density at radius 1 is 1.32 bits per heavy atom. The van der Waals surface area contributed by atoms with Crippen LogP contribution < -0.4 is 10.5 Å². The highest BCUT2D eigenvalue weighted by Gasteiger charge is 2.37. The van der Waals surface area contributed by atoms with Crippen molar-refractivity contribution in [3.8, 4) is 5.75 Å².